The SMILES string of the molecule is CC(=N)c1cc(Oc2c(O)cc(N/N=C(\C#N)C(=O)NC=O)cc2Cl)cnc1N. The summed E-state index contributed by atoms with van der Waals surface area (Å²) in [6, 6.07) is 5.49. The zero-order chi connectivity index (χ0) is 21.6. The average Bonchev–Trinajstić information content (AvgIpc) is 2.66. The molecule has 0 bridgehead atoms. The number of phenols is 1. The number of aromatic hydroxyl groups is 1. The first kappa shape index (κ1) is 21.1. The second kappa shape index (κ2) is 9.16. The van der Waals surface area contributed by atoms with E-state index in [-0.39, 0.29) is 45.9 Å². The van der Waals surface area contributed by atoms with Gasteiger partial charge in [-0.15, -0.1) is 0 Å². The number of rotatable bonds is 7. The van der Waals surface area contributed by atoms with Crippen molar-refractivity contribution >= 4 is 46.8 Å². The van der Waals surface area contributed by atoms with Crippen LogP contribution in [0.25, 0.3) is 0 Å². The molecule has 148 valence electrons. The van der Waals surface area contributed by atoms with Crippen molar-refractivity contribution < 1.29 is 19.4 Å². The van der Waals surface area contributed by atoms with E-state index < -0.39 is 11.6 Å². The minimum absolute atomic E-state index is 0.0245. The summed E-state index contributed by atoms with van der Waals surface area (Å²) in [6.07, 6.45) is 1.42. The van der Waals surface area contributed by atoms with Crippen LogP contribution < -0.4 is 21.2 Å². The minimum atomic E-state index is -1.00. The highest BCUT2D eigenvalue weighted by Gasteiger charge is 2.15. The Morgan fingerprint density at radius 1 is 1.48 bits per heavy atom. The lowest BCUT2D eigenvalue weighted by molar-refractivity contribution is -0.120. The van der Waals surface area contributed by atoms with E-state index in [0.717, 1.165) is 0 Å². The molecule has 2 aromatic rings. The lowest BCUT2D eigenvalue weighted by Gasteiger charge is -2.12. The number of hydrogen-bond donors (Lipinski definition) is 5. The van der Waals surface area contributed by atoms with Crippen molar-refractivity contribution in [2.45, 2.75) is 6.92 Å². The van der Waals surface area contributed by atoms with Crippen LogP contribution in [0.5, 0.6) is 17.2 Å². The van der Waals surface area contributed by atoms with Gasteiger partial charge in [-0.2, -0.15) is 10.4 Å². The molecule has 2 amide bonds. The maximum absolute atomic E-state index is 11.4. The molecular weight excluding hydrogens is 402 g/mol. The van der Waals surface area contributed by atoms with Crippen LogP contribution in [0.15, 0.2) is 29.5 Å². The summed E-state index contributed by atoms with van der Waals surface area (Å²) in [5.74, 6) is -1.13. The molecule has 2 rings (SSSR count). The molecule has 0 unspecified atom stereocenters. The van der Waals surface area contributed by atoms with Gasteiger partial charge in [0.25, 0.3) is 5.91 Å². The van der Waals surface area contributed by atoms with Crippen LogP contribution in [-0.4, -0.2) is 33.8 Å². The summed E-state index contributed by atoms with van der Waals surface area (Å²) in [7, 11) is 0. The molecule has 12 heteroatoms. The molecule has 29 heavy (non-hydrogen) atoms. The number of nitrogens with zero attached hydrogens (tertiary/aromatic N) is 3. The molecule has 11 nitrogen and oxygen atoms in total. The van der Waals surface area contributed by atoms with Gasteiger partial charge in [-0.05, 0) is 19.1 Å². The normalized spacial score (nSPS) is 10.6. The largest absolute Gasteiger partial charge is 0.504 e. The number of imide groups is 1. The Hall–Kier alpha value is -4.17. The van der Waals surface area contributed by atoms with Gasteiger partial charge in [0.2, 0.25) is 12.1 Å². The van der Waals surface area contributed by atoms with Crippen molar-refractivity contribution in [2.24, 2.45) is 5.10 Å². The second-order valence-corrected chi connectivity index (χ2v) is 5.82. The third-order valence-corrected chi connectivity index (χ3v) is 3.63. The van der Waals surface area contributed by atoms with E-state index in [1.807, 2.05) is 0 Å². The van der Waals surface area contributed by atoms with Gasteiger partial charge in [0, 0.05) is 17.3 Å². The van der Waals surface area contributed by atoms with Crippen molar-refractivity contribution in [3.8, 4) is 23.3 Å². The Kier molecular flexibility index (Phi) is 6.67. The van der Waals surface area contributed by atoms with Gasteiger partial charge >= 0.3 is 0 Å². The second-order valence-electron chi connectivity index (χ2n) is 5.41. The van der Waals surface area contributed by atoms with E-state index in [0.29, 0.717) is 5.56 Å². The summed E-state index contributed by atoms with van der Waals surface area (Å²) in [5.41, 5.74) is 8.14. The first-order chi connectivity index (χ1) is 13.8. The zero-order valence-corrected chi connectivity index (χ0v) is 15.6. The summed E-state index contributed by atoms with van der Waals surface area (Å²) in [4.78, 5) is 25.6. The van der Waals surface area contributed by atoms with Crippen molar-refractivity contribution in [2.75, 3.05) is 11.2 Å². The van der Waals surface area contributed by atoms with Crippen molar-refractivity contribution in [3.05, 3.63) is 35.0 Å². The molecule has 0 spiro atoms. The summed E-state index contributed by atoms with van der Waals surface area (Å²) in [5, 5.41) is 32.0. The number of hydrazone groups is 1. The van der Waals surface area contributed by atoms with Gasteiger partial charge in [0.1, 0.15) is 17.6 Å². The number of benzene rings is 1. The van der Waals surface area contributed by atoms with Gasteiger partial charge in [-0.3, -0.25) is 20.3 Å². The highest BCUT2D eigenvalue weighted by Crippen LogP contribution is 2.40. The number of aromatic nitrogens is 1. The Bertz CT molecular complexity index is 1040. The van der Waals surface area contributed by atoms with Gasteiger partial charge in [-0.25, -0.2) is 4.98 Å². The van der Waals surface area contributed by atoms with Crippen molar-refractivity contribution in [1.29, 1.82) is 10.7 Å². The molecule has 0 saturated carbocycles. The smallest absolute Gasteiger partial charge is 0.288 e. The maximum atomic E-state index is 11.4. The molecule has 0 atom stereocenters. The van der Waals surface area contributed by atoms with Crippen LogP contribution in [0.3, 0.4) is 0 Å². The monoisotopic (exact) mass is 415 g/mol. The predicted octanol–water partition coefficient (Wildman–Crippen LogP) is 1.77. The topological polar surface area (TPSA) is 187 Å². The summed E-state index contributed by atoms with van der Waals surface area (Å²) >= 11 is 6.13. The van der Waals surface area contributed by atoms with Crippen LogP contribution in [-0.2, 0) is 9.59 Å². The van der Waals surface area contributed by atoms with Gasteiger partial charge < -0.3 is 21.0 Å². The van der Waals surface area contributed by atoms with E-state index in [1.165, 1.54) is 37.4 Å². The highest BCUT2D eigenvalue weighted by atomic mass is 35.5. The summed E-state index contributed by atoms with van der Waals surface area (Å²) in [6.45, 7) is 1.54. The number of carbonyl (C=O) groups is 2. The number of phenolic OH excluding ortho intramolecular Hbond substituents is 1. The van der Waals surface area contributed by atoms with Gasteiger partial charge in [-0.1, -0.05) is 11.6 Å². The molecule has 0 saturated heterocycles. The number of hydrogen-bond acceptors (Lipinski definition) is 10. The third kappa shape index (κ3) is 5.18. The number of nitrogen functional groups attached to an aromatic ring is 1. The Morgan fingerprint density at radius 2 is 2.21 bits per heavy atom. The molecule has 0 aliphatic carbocycles. The number of anilines is 2. The van der Waals surface area contributed by atoms with Gasteiger partial charge in [0.05, 0.1) is 16.9 Å². The highest BCUT2D eigenvalue weighted by molar-refractivity contribution is 6.46. The Morgan fingerprint density at radius 3 is 2.79 bits per heavy atom. The van der Waals surface area contributed by atoms with E-state index >= 15 is 0 Å². The average molecular weight is 416 g/mol. The van der Waals surface area contributed by atoms with Crippen LogP contribution >= 0.6 is 11.6 Å². The molecule has 1 heterocycles. The lowest BCUT2D eigenvalue weighted by Crippen LogP contribution is -2.29. The van der Waals surface area contributed by atoms with Crippen LogP contribution in [0, 0.1) is 16.7 Å². The molecule has 1 aromatic heterocycles. The van der Waals surface area contributed by atoms with E-state index in [4.69, 9.17) is 32.7 Å². The Labute approximate surface area is 169 Å². The zero-order valence-electron chi connectivity index (χ0n) is 14.9. The number of nitrogens with one attached hydrogen (secondary N) is 3. The molecule has 0 radical (unpaired) electrons. The van der Waals surface area contributed by atoms with Crippen molar-refractivity contribution in [1.82, 2.24) is 10.3 Å². The fourth-order valence-corrected chi connectivity index (χ4v) is 2.30. The first-order valence-corrected chi connectivity index (χ1v) is 8.14. The van der Waals surface area contributed by atoms with E-state index in [2.05, 4.69) is 15.5 Å². The van der Waals surface area contributed by atoms with Crippen LogP contribution in [0.4, 0.5) is 11.5 Å². The number of nitriles is 1. The molecule has 0 aliphatic rings. The molecule has 0 aliphatic heterocycles. The molecule has 1 aromatic carbocycles. The third-order valence-electron chi connectivity index (χ3n) is 3.35. The van der Waals surface area contributed by atoms with Crippen LogP contribution in [0.2, 0.25) is 5.02 Å². The predicted molar refractivity (Wildman–Crippen MR) is 105 cm³/mol. The fraction of sp³-hybridized carbons (Fsp3) is 0.0588. The summed E-state index contributed by atoms with van der Waals surface area (Å²) < 4.78 is 5.54. The fourth-order valence-electron chi connectivity index (χ4n) is 2.04. The van der Waals surface area contributed by atoms with Gasteiger partial charge in [0.15, 0.2) is 11.5 Å². The van der Waals surface area contributed by atoms with E-state index in [9.17, 15) is 14.7 Å². The number of halogens is 1. The number of nitrogens with two attached hydrogens (primary N) is 1. The minimum Gasteiger partial charge on any atom is -0.504 e. The first-order valence-electron chi connectivity index (χ1n) is 7.76. The number of carbonyl (C=O) groups excluding carboxylic acids is 2. The number of pyridine rings is 1. The Balaban J connectivity index is 2.27. The standard InChI is InChI=1S/C17H14ClN7O4/c1-8(20)11-4-10(6-22-16(11)21)29-15-12(18)2-9(3-14(15)27)24-25-13(5-19)17(28)23-7-26/h2-4,6-7,20,24,27H,1H3,(H2,21,22)(H,23,26,28)/b20-8?,25-13+. The lowest BCUT2D eigenvalue weighted by atomic mass is 10.2. The molecule has 0 fully saturated rings. The molecular formula is C17H14ClN7O4. The number of amides is 2. The van der Waals surface area contributed by atoms with E-state index in [1.54, 1.807) is 5.32 Å². The number of ether oxygens (including phenoxy) is 1. The molecule has 6 N–H and O–H groups in total. The quantitative estimate of drug-likeness (QED) is 0.257. The van der Waals surface area contributed by atoms with Crippen molar-refractivity contribution in [3.63, 3.8) is 0 Å². The maximum Gasteiger partial charge on any atom is 0.288 e. The van der Waals surface area contributed by atoms with Crippen LogP contribution in [0.1, 0.15) is 12.5 Å².